The summed E-state index contributed by atoms with van der Waals surface area (Å²) in [6.07, 6.45) is -2.47. The summed E-state index contributed by atoms with van der Waals surface area (Å²) in [4.78, 5) is 24.7. The fraction of sp³-hybridized carbons (Fsp3) is 0.273. The van der Waals surface area contributed by atoms with Crippen molar-refractivity contribution in [2.75, 3.05) is 0 Å². The third kappa shape index (κ3) is 6.45. The van der Waals surface area contributed by atoms with E-state index in [1.54, 1.807) is 63.2 Å². The van der Waals surface area contributed by atoms with Gasteiger partial charge in [-0.3, -0.25) is 0 Å². The fourth-order valence-corrected chi connectivity index (χ4v) is 3.32. The molecule has 1 atom stereocenters. The van der Waals surface area contributed by atoms with Crippen LogP contribution in [0.5, 0.6) is 0 Å². The molecule has 1 N–H and O–H groups in total. The maximum Gasteiger partial charge on any atom is 0.422 e. The molecule has 0 spiro atoms. The van der Waals surface area contributed by atoms with E-state index < -0.39 is 33.8 Å². The molecule has 2 rings (SSSR count). The normalized spacial score (nSPS) is 12.5. The number of carbonyl (C=O) groups is 2. The van der Waals surface area contributed by atoms with Crippen LogP contribution in [0.25, 0.3) is 0 Å². The van der Waals surface area contributed by atoms with E-state index in [-0.39, 0.29) is 10.5 Å². The van der Waals surface area contributed by atoms with Gasteiger partial charge in [0.05, 0.1) is 10.5 Å². The molecule has 0 fully saturated rings. The third-order valence-electron chi connectivity index (χ3n) is 3.85. The minimum atomic E-state index is -4.15. The number of hydrogen-bond donors (Lipinski definition) is 1. The SMILES string of the molecule is C=C(C(=O)OC(C)(C)C)C(OC(=O)NS(=O)(=O)c1ccc(C)cc1)c1ccccc1. The number of amides is 1. The van der Waals surface area contributed by atoms with Crippen molar-refractivity contribution in [2.45, 2.75) is 44.3 Å². The van der Waals surface area contributed by atoms with E-state index in [0.29, 0.717) is 5.56 Å². The van der Waals surface area contributed by atoms with Crippen LogP contribution >= 0.6 is 0 Å². The molecule has 30 heavy (non-hydrogen) atoms. The van der Waals surface area contributed by atoms with E-state index in [1.807, 2.05) is 11.6 Å². The van der Waals surface area contributed by atoms with Crippen molar-refractivity contribution in [3.8, 4) is 0 Å². The molecule has 0 aliphatic heterocycles. The van der Waals surface area contributed by atoms with Crippen molar-refractivity contribution in [3.63, 3.8) is 0 Å². The average molecular weight is 432 g/mol. The summed E-state index contributed by atoms with van der Waals surface area (Å²) in [7, 11) is -4.15. The molecular weight excluding hydrogens is 406 g/mol. The maximum absolute atomic E-state index is 12.4. The first-order chi connectivity index (χ1) is 13.9. The average Bonchev–Trinajstić information content (AvgIpc) is 2.65. The van der Waals surface area contributed by atoms with Gasteiger partial charge in [-0.05, 0) is 45.4 Å². The summed E-state index contributed by atoms with van der Waals surface area (Å²) < 4.78 is 37.3. The number of benzene rings is 2. The Kier molecular flexibility index (Phi) is 7.04. The molecule has 0 aromatic heterocycles. The van der Waals surface area contributed by atoms with E-state index in [0.717, 1.165) is 5.56 Å². The molecule has 2 aromatic rings. The molecule has 0 radical (unpaired) electrons. The summed E-state index contributed by atoms with van der Waals surface area (Å²) in [6, 6.07) is 14.3. The highest BCUT2D eigenvalue weighted by Crippen LogP contribution is 2.27. The second-order valence-electron chi connectivity index (χ2n) is 7.64. The monoisotopic (exact) mass is 431 g/mol. The van der Waals surface area contributed by atoms with Gasteiger partial charge >= 0.3 is 12.1 Å². The lowest BCUT2D eigenvalue weighted by molar-refractivity contribution is -0.151. The van der Waals surface area contributed by atoms with Crippen LogP contribution in [0.1, 0.15) is 38.0 Å². The van der Waals surface area contributed by atoms with Crippen molar-refractivity contribution >= 4 is 22.1 Å². The number of sulfonamides is 1. The summed E-state index contributed by atoms with van der Waals surface area (Å²) in [6.45, 7) is 10.6. The molecular formula is C22H25NO6S. The summed E-state index contributed by atoms with van der Waals surface area (Å²) in [5, 5.41) is 0. The Labute approximate surface area is 176 Å². The van der Waals surface area contributed by atoms with Crippen molar-refractivity contribution in [3.05, 3.63) is 77.9 Å². The molecule has 7 nitrogen and oxygen atoms in total. The first-order valence-corrected chi connectivity index (χ1v) is 10.6. The first-order valence-electron chi connectivity index (χ1n) is 9.16. The highest BCUT2D eigenvalue weighted by atomic mass is 32.2. The van der Waals surface area contributed by atoms with E-state index in [1.165, 1.54) is 12.1 Å². The Morgan fingerprint density at radius 3 is 2.10 bits per heavy atom. The minimum Gasteiger partial charge on any atom is -0.457 e. The molecule has 0 heterocycles. The third-order valence-corrected chi connectivity index (χ3v) is 5.18. The fourth-order valence-electron chi connectivity index (χ4n) is 2.44. The van der Waals surface area contributed by atoms with Crippen LogP contribution in [0.2, 0.25) is 0 Å². The van der Waals surface area contributed by atoms with Gasteiger partial charge in [0.15, 0.2) is 6.10 Å². The molecule has 2 aromatic carbocycles. The van der Waals surface area contributed by atoms with Crippen molar-refractivity contribution in [1.82, 2.24) is 4.72 Å². The van der Waals surface area contributed by atoms with Crippen LogP contribution < -0.4 is 4.72 Å². The van der Waals surface area contributed by atoms with Crippen LogP contribution in [0.15, 0.2) is 71.6 Å². The number of rotatable bonds is 6. The van der Waals surface area contributed by atoms with Crippen molar-refractivity contribution in [1.29, 1.82) is 0 Å². The highest BCUT2D eigenvalue weighted by molar-refractivity contribution is 7.90. The zero-order chi connectivity index (χ0) is 22.5. The number of ether oxygens (including phenoxy) is 2. The highest BCUT2D eigenvalue weighted by Gasteiger charge is 2.30. The van der Waals surface area contributed by atoms with Crippen LogP contribution in [-0.2, 0) is 24.3 Å². The van der Waals surface area contributed by atoms with E-state index in [2.05, 4.69) is 6.58 Å². The molecule has 8 heteroatoms. The van der Waals surface area contributed by atoms with Gasteiger partial charge in [0, 0.05) is 0 Å². The van der Waals surface area contributed by atoms with Gasteiger partial charge in [0.2, 0.25) is 0 Å². The van der Waals surface area contributed by atoms with Crippen LogP contribution in [0, 0.1) is 6.92 Å². The Bertz CT molecular complexity index is 1020. The summed E-state index contributed by atoms with van der Waals surface area (Å²) >= 11 is 0. The second-order valence-corrected chi connectivity index (χ2v) is 9.32. The molecule has 0 saturated carbocycles. The zero-order valence-electron chi connectivity index (χ0n) is 17.3. The molecule has 0 saturated heterocycles. The topological polar surface area (TPSA) is 98.8 Å². The van der Waals surface area contributed by atoms with Crippen LogP contribution in [0.4, 0.5) is 4.79 Å². The smallest absolute Gasteiger partial charge is 0.422 e. The Balaban J connectivity index is 2.23. The molecule has 1 amide bonds. The number of aryl methyl sites for hydroxylation is 1. The lowest BCUT2D eigenvalue weighted by atomic mass is 10.0. The standard InChI is InChI=1S/C22H25NO6S/c1-15-11-13-18(14-12-15)30(26,27)23-21(25)28-19(17-9-7-6-8-10-17)16(2)20(24)29-22(3,4)5/h6-14,19H,2H2,1,3-5H3,(H,23,25). The van der Waals surface area contributed by atoms with Gasteiger partial charge in [0.1, 0.15) is 5.60 Å². The van der Waals surface area contributed by atoms with E-state index >= 15 is 0 Å². The number of nitrogens with one attached hydrogen (secondary N) is 1. The predicted molar refractivity (Wildman–Crippen MR) is 112 cm³/mol. The first kappa shape index (κ1) is 23.2. The van der Waals surface area contributed by atoms with Gasteiger partial charge < -0.3 is 9.47 Å². The van der Waals surface area contributed by atoms with Gasteiger partial charge in [-0.15, -0.1) is 0 Å². The molecule has 160 valence electrons. The summed E-state index contributed by atoms with van der Waals surface area (Å²) in [5.74, 6) is -0.759. The lowest BCUT2D eigenvalue weighted by Gasteiger charge is -2.24. The summed E-state index contributed by atoms with van der Waals surface area (Å²) in [5.41, 5.74) is 0.391. The maximum atomic E-state index is 12.4. The Morgan fingerprint density at radius 1 is 1.00 bits per heavy atom. The molecule has 0 aliphatic carbocycles. The second kappa shape index (κ2) is 9.13. The lowest BCUT2D eigenvalue weighted by Crippen LogP contribution is -2.34. The van der Waals surface area contributed by atoms with Gasteiger partial charge in [-0.1, -0.05) is 54.6 Å². The van der Waals surface area contributed by atoms with Gasteiger partial charge in [0.25, 0.3) is 10.0 Å². The Hall–Kier alpha value is -3.13. The van der Waals surface area contributed by atoms with Gasteiger partial charge in [-0.2, -0.15) is 0 Å². The minimum absolute atomic E-state index is 0.0905. The number of carbonyl (C=O) groups excluding carboxylic acids is 2. The van der Waals surface area contributed by atoms with E-state index in [9.17, 15) is 18.0 Å². The quantitative estimate of drug-likeness (QED) is 0.547. The van der Waals surface area contributed by atoms with Crippen molar-refractivity contribution < 1.29 is 27.5 Å². The van der Waals surface area contributed by atoms with Crippen LogP contribution in [-0.4, -0.2) is 26.1 Å². The number of esters is 1. The molecule has 1 unspecified atom stereocenters. The number of hydrogen-bond acceptors (Lipinski definition) is 6. The van der Waals surface area contributed by atoms with Crippen LogP contribution in [0.3, 0.4) is 0 Å². The largest absolute Gasteiger partial charge is 0.457 e. The molecule has 0 bridgehead atoms. The Morgan fingerprint density at radius 2 is 1.57 bits per heavy atom. The molecule has 0 aliphatic rings. The predicted octanol–water partition coefficient (Wildman–Crippen LogP) is 4.05. The zero-order valence-corrected chi connectivity index (χ0v) is 18.2. The van der Waals surface area contributed by atoms with E-state index in [4.69, 9.17) is 9.47 Å². The van der Waals surface area contributed by atoms with Gasteiger partial charge in [-0.25, -0.2) is 22.7 Å². The van der Waals surface area contributed by atoms with Crippen molar-refractivity contribution in [2.24, 2.45) is 0 Å².